The minimum atomic E-state index is -0.893. The van der Waals surface area contributed by atoms with Gasteiger partial charge in [-0.3, -0.25) is 29.5 Å². The number of aliphatic imine (C=N–C) groups is 2. The van der Waals surface area contributed by atoms with Gasteiger partial charge in [0.15, 0.2) is 0 Å². The zero-order valence-electron chi connectivity index (χ0n) is 39.7. The van der Waals surface area contributed by atoms with E-state index in [2.05, 4.69) is 56.6 Å². The van der Waals surface area contributed by atoms with Crippen LogP contribution in [-0.4, -0.2) is 69.7 Å². The fourth-order valence-electron chi connectivity index (χ4n) is 7.80. The third kappa shape index (κ3) is 14.1. The summed E-state index contributed by atoms with van der Waals surface area (Å²) in [4.78, 5) is 39.7. The molecule has 0 aliphatic carbocycles. The van der Waals surface area contributed by atoms with Crippen molar-refractivity contribution in [3.8, 4) is 34.1 Å². The number of halogens is 2. The summed E-state index contributed by atoms with van der Waals surface area (Å²) in [6, 6.07) is 22.8. The highest BCUT2D eigenvalue weighted by molar-refractivity contribution is 6.32. The van der Waals surface area contributed by atoms with E-state index in [1.54, 1.807) is 62.3 Å². The van der Waals surface area contributed by atoms with E-state index in [-0.39, 0.29) is 51.4 Å². The normalized spacial score (nSPS) is 12.9. The summed E-state index contributed by atoms with van der Waals surface area (Å²) in [7, 11) is 1.70. The lowest BCUT2D eigenvalue weighted by molar-refractivity contribution is -0.138. The Labute approximate surface area is 417 Å². The number of benzene rings is 4. The second kappa shape index (κ2) is 24.1. The molecule has 2 aromatic heterocycles. The number of aliphatic carboxylic acids is 2. The molecule has 1 aliphatic heterocycles. The van der Waals surface area contributed by atoms with E-state index in [4.69, 9.17) is 42.1 Å². The number of nitrogens with one attached hydrogen (secondary N) is 2. The standard InChI is InChI=1S/C54H56Cl2N6O8/c1-32(12-53(63)64)60-25-42-16-46(55)51(18-49(42)67-28-37-14-36(20-57-5)21-58-22-37)69-30-39-8-6-10-44(34(39)3)45-11-7-9-40(35(45)4)31-70-52-19-50(43(17-47(52)56)26-61-33(2)13-54(65)66)68-29-38-15-41(24-59-23-38)48-27-62-48/h6-11,14-24,32-33,60-61H,12-13,25-31H2,1-5H3,(H,63,64)(H,65,66)/b57-20+. The van der Waals surface area contributed by atoms with Crippen molar-refractivity contribution < 1.29 is 38.7 Å². The number of carbonyl (C=O) groups is 2. The molecule has 7 rings (SSSR count). The van der Waals surface area contributed by atoms with Gasteiger partial charge in [-0.05, 0) is 85.3 Å². The number of aromatic nitrogens is 2. The Morgan fingerprint density at radius 1 is 0.657 bits per heavy atom. The van der Waals surface area contributed by atoms with Crippen molar-refractivity contribution in [3.63, 3.8) is 0 Å². The van der Waals surface area contributed by atoms with Gasteiger partial charge in [0, 0.05) is 109 Å². The molecule has 16 heteroatoms. The van der Waals surface area contributed by atoms with Gasteiger partial charge in [0.05, 0.1) is 35.1 Å². The van der Waals surface area contributed by atoms with E-state index in [1.165, 1.54) is 0 Å². The Kier molecular flexibility index (Phi) is 17.6. The number of ether oxygens (including phenoxy) is 4. The smallest absolute Gasteiger partial charge is 0.304 e. The lowest BCUT2D eigenvalue weighted by Crippen LogP contribution is -2.28. The first-order valence-electron chi connectivity index (χ1n) is 22.8. The minimum Gasteiger partial charge on any atom is -0.488 e. The first-order valence-corrected chi connectivity index (χ1v) is 23.6. The number of carboxylic acid groups (broad SMARTS) is 2. The highest BCUT2D eigenvalue weighted by Crippen LogP contribution is 2.37. The maximum Gasteiger partial charge on any atom is 0.304 e. The van der Waals surface area contributed by atoms with Crippen molar-refractivity contribution >= 4 is 47.1 Å². The Hall–Kier alpha value is -6.84. The van der Waals surface area contributed by atoms with Crippen molar-refractivity contribution in [1.82, 2.24) is 20.6 Å². The molecule has 4 N–H and O–H groups in total. The van der Waals surface area contributed by atoms with Gasteiger partial charge in [-0.2, -0.15) is 0 Å². The zero-order chi connectivity index (χ0) is 49.7. The molecule has 0 saturated heterocycles. The molecule has 0 radical (unpaired) electrons. The number of pyridine rings is 2. The fraction of sp³-hybridized carbons (Fsp3) is 0.296. The SMILES string of the molecule is C/N=C/c1cncc(COc2cc(OCc3cccc(-c4cccc(COc5cc(OCc6cncc(C7=NC7)c6)c(CNC(C)CC(=O)O)cc5Cl)c4C)c3C)c(Cl)cc2CNC(C)CC(=O)O)c1. The average molecular weight is 988 g/mol. The molecule has 0 saturated carbocycles. The number of hydrogen-bond acceptors (Lipinski definition) is 12. The zero-order valence-corrected chi connectivity index (χ0v) is 41.2. The van der Waals surface area contributed by atoms with Gasteiger partial charge >= 0.3 is 11.9 Å². The molecule has 0 bridgehead atoms. The predicted octanol–water partition coefficient (Wildman–Crippen LogP) is 10.1. The van der Waals surface area contributed by atoms with Gasteiger partial charge in [-0.15, -0.1) is 0 Å². The summed E-state index contributed by atoms with van der Waals surface area (Å²) in [5, 5.41) is 25.9. The molecule has 0 spiro atoms. The highest BCUT2D eigenvalue weighted by Gasteiger charge is 2.19. The van der Waals surface area contributed by atoms with E-state index in [9.17, 15) is 19.8 Å². The van der Waals surface area contributed by atoms with Gasteiger partial charge in [0.1, 0.15) is 49.4 Å². The van der Waals surface area contributed by atoms with Crippen LogP contribution in [0.15, 0.2) is 108 Å². The molecular formula is C54H56Cl2N6O8. The Bertz CT molecular complexity index is 2910. The average Bonchev–Trinajstić information content (AvgIpc) is 4.18. The molecule has 70 heavy (non-hydrogen) atoms. The molecule has 364 valence electrons. The number of rotatable bonds is 25. The Morgan fingerprint density at radius 3 is 1.60 bits per heavy atom. The molecule has 6 aromatic rings. The molecule has 4 aromatic carbocycles. The second-order valence-electron chi connectivity index (χ2n) is 17.2. The number of nitrogens with zero attached hydrogens (tertiary/aromatic N) is 4. The summed E-state index contributed by atoms with van der Waals surface area (Å²) in [5.74, 6) is 0.174. The molecule has 0 fully saturated rings. The van der Waals surface area contributed by atoms with Crippen molar-refractivity contribution in [3.05, 3.63) is 163 Å². The molecule has 3 heterocycles. The topological polar surface area (TPSA) is 186 Å². The predicted molar refractivity (Wildman–Crippen MR) is 272 cm³/mol. The lowest BCUT2D eigenvalue weighted by atomic mass is 9.92. The van der Waals surface area contributed by atoms with Gasteiger partial charge in [-0.25, -0.2) is 0 Å². The minimum absolute atomic E-state index is 0.0340. The van der Waals surface area contributed by atoms with Crippen molar-refractivity contribution in [2.45, 2.75) is 92.1 Å². The summed E-state index contributed by atoms with van der Waals surface area (Å²) < 4.78 is 25.6. The quantitative estimate of drug-likeness (QED) is 0.0399. The number of carboxylic acids is 2. The molecule has 14 nitrogen and oxygen atoms in total. The van der Waals surface area contributed by atoms with E-state index in [0.717, 1.165) is 72.5 Å². The maximum absolute atomic E-state index is 11.3. The van der Waals surface area contributed by atoms with Crippen LogP contribution in [0.3, 0.4) is 0 Å². The summed E-state index contributed by atoms with van der Waals surface area (Å²) in [6.45, 7) is 10.0. The van der Waals surface area contributed by atoms with Crippen LogP contribution in [-0.2, 0) is 49.1 Å². The second-order valence-corrected chi connectivity index (χ2v) is 18.0. The van der Waals surface area contributed by atoms with Gasteiger partial charge in [0.2, 0.25) is 0 Å². The van der Waals surface area contributed by atoms with Crippen LogP contribution < -0.4 is 29.6 Å². The van der Waals surface area contributed by atoms with Crippen LogP contribution in [0.1, 0.15) is 82.3 Å². The molecule has 1 aliphatic rings. The Balaban J connectivity index is 1.07. The van der Waals surface area contributed by atoms with Crippen molar-refractivity contribution in [2.24, 2.45) is 9.98 Å². The molecule has 2 atom stereocenters. The molecule has 2 unspecified atom stereocenters. The van der Waals surface area contributed by atoms with Crippen LogP contribution in [0.4, 0.5) is 0 Å². The fourth-order valence-corrected chi connectivity index (χ4v) is 8.29. The monoisotopic (exact) mass is 986 g/mol. The Morgan fingerprint density at radius 2 is 1.13 bits per heavy atom. The van der Waals surface area contributed by atoms with Gasteiger partial charge in [-0.1, -0.05) is 59.6 Å². The van der Waals surface area contributed by atoms with Crippen LogP contribution in [0.5, 0.6) is 23.0 Å². The third-order valence-electron chi connectivity index (χ3n) is 11.7. The van der Waals surface area contributed by atoms with Gasteiger partial charge in [0.25, 0.3) is 0 Å². The van der Waals surface area contributed by atoms with E-state index in [1.807, 2.05) is 50.2 Å². The van der Waals surface area contributed by atoms with Crippen LogP contribution >= 0.6 is 23.2 Å². The maximum atomic E-state index is 11.3. The molecular weight excluding hydrogens is 932 g/mol. The van der Waals surface area contributed by atoms with E-state index < -0.39 is 11.9 Å². The van der Waals surface area contributed by atoms with Crippen molar-refractivity contribution in [1.29, 1.82) is 0 Å². The number of hydrogen-bond donors (Lipinski definition) is 4. The van der Waals surface area contributed by atoms with E-state index in [0.29, 0.717) is 52.7 Å². The first kappa shape index (κ1) is 51.0. The largest absolute Gasteiger partial charge is 0.488 e. The van der Waals surface area contributed by atoms with Crippen LogP contribution in [0, 0.1) is 13.8 Å². The highest BCUT2D eigenvalue weighted by atomic mass is 35.5. The lowest BCUT2D eigenvalue weighted by Gasteiger charge is -2.19. The van der Waals surface area contributed by atoms with Crippen LogP contribution in [0.25, 0.3) is 11.1 Å². The summed E-state index contributed by atoms with van der Waals surface area (Å²) in [5.41, 5.74) is 12.1. The van der Waals surface area contributed by atoms with Crippen molar-refractivity contribution in [2.75, 3.05) is 13.6 Å². The van der Waals surface area contributed by atoms with E-state index >= 15 is 0 Å². The summed E-state index contributed by atoms with van der Waals surface area (Å²) >= 11 is 13.7. The third-order valence-corrected chi connectivity index (χ3v) is 12.3. The molecule has 0 amide bonds. The van der Waals surface area contributed by atoms with Crippen LogP contribution in [0.2, 0.25) is 10.0 Å². The summed E-state index contributed by atoms with van der Waals surface area (Å²) in [6.07, 6.45) is 8.65. The van der Waals surface area contributed by atoms with Gasteiger partial charge < -0.3 is 39.8 Å². The first-order chi connectivity index (χ1) is 33.7.